The van der Waals surface area contributed by atoms with E-state index in [1.807, 2.05) is 12.1 Å². The summed E-state index contributed by atoms with van der Waals surface area (Å²) in [5.74, 6) is -0.248. The first-order valence-corrected chi connectivity index (χ1v) is 5.39. The molecule has 0 spiro atoms. The van der Waals surface area contributed by atoms with Crippen molar-refractivity contribution >= 4 is 11.8 Å². The third-order valence-electron chi connectivity index (χ3n) is 1.90. The highest BCUT2D eigenvalue weighted by atomic mass is 32.2. The van der Waals surface area contributed by atoms with Crippen molar-refractivity contribution in [3.05, 3.63) is 54.1 Å². The molecule has 0 unspecified atom stereocenters. The maximum atomic E-state index is 12.7. The molecule has 0 bridgehead atoms. The van der Waals surface area contributed by atoms with Gasteiger partial charge < -0.3 is 0 Å². The third-order valence-corrected chi connectivity index (χ3v) is 2.89. The molecule has 0 saturated heterocycles. The average molecular weight is 230 g/mol. The minimum atomic E-state index is -0.248. The Labute approximate surface area is 96.8 Å². The number of nitrogens with zero attached hydrogens (tertiary/aromatic N) is 2. The van der Waals surface area contributed by atoms with E-state index >= 15 is 0 Å². The highest BCUT2D eigenvalue weighted by Gasteiger charge is 1.99. The van der Waals surface area contributed by atoms with E-state index in [2.05, 4.69) is 4.98 Å². The Kier molecular flexibility index (Phi) is 3.18. The number of nitriles is 1. The Balaban J connectivity index is 2.15. The highest BCUT2D eigenvalue weighted by molar-refractivity contribution is 7.99. The summed E-state index contributed by atoms with van der Waals surface area (Å²) in [6, 6.07) is 11.7. The molecular weight excluding hydrogens is 223 g/mol. The predicted molar refractivity (Wildman–Crippen MR) is 59.5 cm³/mol. The summed E-state index contributed by atoms with van der Waals surface area (Å²) < 4.78 is 12.7. The van der Waals surface area contributed by atoms with Gasteiger partial charge in [0.2, 0.25) is 0 Å². The van der Waals surface area contributed by atoms with E-state index in [1.165, 1.54) is 23.9 Å². The van der Waals surface area contributed by atoms with E-state index in [0.717, 1.165) is 9.79 Å². The van der Waals surface area contributed by atoms with Crippen LogP contribution in [0.25, 0.3) is 0 Å². The molecule has 78 valence electrons. The molecule has 0 amide bonds. The molecule has 2 rings (SSSR count). The maximum Gasteiger partial charge on any atom is 0.140 e. The molecule has 0 fully saturated rings. The van der Waals surface area contributed by atoms with Gasteiger partial charge in [0.05, 0.1) is 0 Å². The number of pyridine rings is 1. The molecule has 1 heterocycles. The van der Waals surface area contributed by atoms with E-state index < -0.39 is 0 Å². The number of halogens is 1. The van der Waals surface area contributed by atoms with Crippen LogP contribution in [0.3, 0.4) is 0 Å². The summed E-state index contributed by atoms with van der Waals surface area (Å²) in [4.78, 5) is 5.81. The lowest BCUT2D eigenvalue weighted by Crippen LogP contribution is -1.81. The van der Waals surface area contributed by atoms with Crippen molar-refractivity contribution in [3.8, 4) is 6.07 Å². The number of hydrogen-bond acceptors (Lipinski definition) is 3. The molecule has 1 aromatic carbocycles. The predicted octanol–water partition coefficient (Wildman–Crippen LogP) is 3.24. The van der Waals surface area contributed by atoms with Gasteiger partial charge in [-0.15, -0.1) is 0 Å². The summed E-state index contributed by atoms with van der Waals surface area (Å²) >= 11 is 1.48. The van der Waals surface area contributed by atoms with E-state index in [0.29, 0.717) is 5.69 Å². The highest BCUT2D eigenvalue weighted by Crippen LogP contribution is 2.26. The van der Waals surface area contributed by atoms with Crippen molar-refractivity contribution in [3.63, 3.8) is 0 Å². The minimum Gasteiger partial charge on any atom is -0.244 e. The summed E-state index contributed by atoms with van der Waals surface area (Å²) in [7, 11) is 0. The van der Waals surface area contributed by atoms with Crippen molar-refractivity contribution in [2.24, 2.45) is 0 Å². The van der Waals surface area contributed by atoms with Crippen LogP contribution < -0.4 is 0 Å². The fourth-order valence-corrected chi connectivity index (χ4v) is 1.93. The van der Waals surface area contributed by atoms with Crippen LogP contribution in [-0.4, -0.2) is 4.98 Å². The van der Waals surface area contributed by atoms with Gasteiger partial charge >= 0.3 is 0 Å². The van der Waals surface area contributed by atoms with Gasteiger partial charge in [0.25, 0.3) is 0 Å². The van der Waals surface area contributed by atoms with Gasteiger partial charge in [-0.25, -0.2) is 9.37 Å². The second kappa shape index (κ2) is 4.77. The van der Waals surface area contributed by atoms with E-state index in [1.54, 1.807) is 24.4 Å². The topological polar surface area (TPSA) is 36.7 Å². The van der Waals surface area contributed by atoms with Gasteiger partial charge in [0.1, 0.15) is 17.6 Å². The zero-order valence-corrected chi connectivity index (χ0v) is 9.04. The lowest BCUT2D eigenvalue weighted by Gasteiger charge is -2.00. The first-order chi connectivity index (χ1) is 7.78. The fourth-order valence-electron chi connectivity index (χ4n) is 1.15. The molecule has 0 saturated carbocycles. The molecule has 0 aliphatic carbocycles. The standard InChI is InChI=1S/C12H7FN2S/c13-9-1-4-11(5-2-9)16-12-6-3-10(7-14)15-8-12/h1-6,8H. The van der Waals surface area contributed by atoms with Gasteiger partial charge in [0.15, 0.2) is 0 Å². The first-order valence-electron chi connectivity index (χ1n) is 4.57. The molecule has 2 nitrogen and oxygen atoms in total. The van der Waals surface area contributed by atoms with Crippen molar-refractivity contribution in [2.45, 2.75) is 9.79 Å². The largest absolute Gasteiger partial charge is 0.244 e. The fraction of sp³-hybridized carbons (Fsp3) is 0. The van der Waals surface area contributed by atoms with E-state index in [-0.39, 0.29) is 5.82 Å². The summed E-state index contributed by atoms with van der Waals surface area (Å²) in [6.45, 7) is 0. The zero-order chi connectivity index (χ0) is 11.4. The second-order valence-electron chi connectivity index (χ2n) is 3.05. The molecule has 16 heavy (non-hydrogen) atoms. The van der Waals surface area contributed by atoms with Crippen LogP contribution in [0.4, 0.5) is 4.39 Å². The molecule has 0 aliphatic rings. The second-order valence-corrected chi connectivity index (χ2v) is 4.19. The van der Waals surface area contributed by atoms with Crippen LogP contribution in [-0.2, 0) is 0 Å². The summed E-state index contributed by atoms with van der Waals surface area (Å²) in [5.41, 5.74) is 0.392. The van der Waals surface area contributed by atoms with Crippen LogP contribution >= 0.6 is 11.8 Å². The van der Waals surface area contributed by atoms with E-state index in [9.17, 15) is 4.39 Å². The van der Waals surface area contributed by atoms with Gasteiger partial charge in [-0.3, -0.25) is 0 Å². The molecule has 0 N–H and O–H groups in total. The molecular formula is C12H7FN2S. The smallest absolute Gasteiger partial charge is 0.140 e. The van der Waals surface area contributed by atoms with Gasteiger partial charge in [-0.05, 0) is 36.4 Å². The number of hydrogen-bond donors (Lipinski definition) is 0. The van der Waals surface area contributed by atoms with Crippen LogP contribution in [0.1, 0.15) is 5.69 Å². The Bertz CT molecular complexity index is 514. The number of rotatable bonds is 2. The summed E-state index contributed by atoms with van der Waals surface area (Å²) in [6.07, 6.45) is 1.63. The molecule has 0 atom stereocenters. The Hall–Kier alpha value is -1.86. The zero-order valence-electron chi connectivity index (χ0n) is 8.22. The van der Waals surface area contributed by atoms with Crippen molar-refractivity contribution in [2.75, 3.05) is 0 Å². The average Bonchev–Trinajstić information content (AvgIpc) is 2.33. The van der Waals surface area contributed by atoms with Gasteiger partial charge in [0, 0.05) is 16.0 Å². The lowest BCUT2D eigenvalue weighted by atomic mass is 10.3. The Morgan fingerprint density at radius 2 is 1.75 bits per heavy atom. The Morgan fingerprint density at radius 1 is 1.06 bits per heavy atom. The lowest BCUT2D eigenvalue weighted by molar-refractivity contribution is 0.626. The minimum absolute atomic E-state index is 0.248. The van der Waals surface area contributed by atoms with Gasteiger partial charge in [-0.1, -0.05) is 11.8 Å². The van der Waals surface area contributed by atoms with Crippen molar-refractivity contribution in [1.82, 2.24) is 4.98 Å². The van der Waals surface area contributed by atoms with Crippen LogP contribution in [0.2, 0.25) is 0 Å². The quantitative estimate of drug-likeness (QED) is 0.794. The van der Waals surface area contributed by atoms with E-state index in [4.69, 9.17) is 5.26 Å². The normalized spacial score (nSPS) is 9.75. The van der Waals surface area contributed by atoms with Gasteiger partial charge in [-0.2, -0.15) is 5.26 Å². The van der Waals surface area contributed by atoms with Crippen molar-refractivity contribution < 1.29 is 4.39 Å². The molecule has 0 radical (unpaired) electrons. The van der Waals surface area contributed by atoms with Crippen LogP contribution in [0.5, 0.6) is 0 Å². The molecule has 0 aliphatic heterocycles. The number of aromatic nitrogens is 1. The van der Waals surface area contributed by atoms with Crippen molar-refractivity contribution in [1.29, 1.82) is 5.26 Å². The molecule has 4 heteroatoms. The number of benzene rings is 1. The third kappa shape index (κ3) is 2.59. The molecule has 2 aromatic rings. The Morgan fingerprint density at radius 3 is 2.31 bits per heavy atom. The first kappa shape index (κ1) is 10.7. The SMILES string of the molecule is N#Cc1ccc(Sc2ccc(F)cc2)cn1. The monoisotopic (exact) mass is 230 g/mol. The summed E-state index contributed by atoms with van der Waals surface area (Å²) in [5, 5.41) is 8.59. The van der Waals surface area contributed by atoms with Crippen LogP contribution in [0, 0.1) is 17.1 Å². The van der Waals surface area contributed by atoms with Crippen LogP contribution in [0.15, 0.2) is 52.4 Å². The maximum absolute atomic E-state index is 12.7. The molecule has 1 aromatic heterocycles.